The van der Waals surface area contributed by atoms with Gasteiger partial charge in [0.1, 0.15) is 5.82 Å². The Balaban J connectivity index is 1.60. The molecule has 0 aliphatic carbocycles. The Labute approximate surface area is 172 Å². The lowest BCUT2D eigenvalue weighted by atomic mass is 10.2. The summed E-state index contributed by atoms with van der Waals surface area (Å²) in [5, 5.41) is 2.34. The molecule has 1 amide bonds. The van der Waals surface area contributed by atoms with Crippen LogP contribution in [-0.2, 0) is 26.4 Å². The van der Waals surface area contributed by atoms with Crippen molar-refractivity contribution in [1.82, 2.24) is 15.0 Å². The zero-order valence-corrected chi connectivity index (χ0v) is 17.3. The number of nitrogens with one attached hydrogen (secondary N) is 2. The van der Waals surface area contributed by atoms with Crippen LogP contribution in [0.1, 0.15) is 22.5 Å². The molecule has 12 heteroatoms. The molecule has 1 unspecified atom stereocenters. The second-order valence-corrected chi connectivity index (χ2v) is 10.9. The van der Waals surface area contributed by atoms with Crippen molar-refractivity contribution < 1.29 is 26.0 Å². The van der Waals surface area contributed by atoms with Crippen molar-refractivity contribution >= 4 is 37.4 Å². The Kier molecular flexibility index (Phi) is 6.22. The lowest BCUT2D eigenvalue weighted by Crippen LogP contribution is -2.35. The monoisotopic (exact) mass is 461 g/mol. The van der Waals surface area contributed by atoms with Crippen molar-refractivity contribution in [1.29, 1.82) is 0 Å². The average molecular weight is 462 g/mol. The van der Waals surface area contributed by atoms with Crippen LogP contribution in [0.2, 0.25) is 5.02 Å². The molecule has 1 aliphatic rings. The number of halogens is 2. The van der Waals surface area contributed by atoms with Crippen LogP contribution in [-0.4, -0.2) is 45.3 Å². The Morgan fingerprint density at radius 2 is 2.03 bits per heavy atom. The Morgan fingerprint density at radius 1 is 1.28 bits per heavy atom. The normalized spacial score (nSPS) is 18.5. The lowest BCUT2D eigenvalue weighted by molar-refractivity contribution is 0.0940. The number of sulfonamides is 1. The SMILES string of the molecule is O=C(NC1CCS(=O)(=O)C1)c1ccc(CNS(=O)(=O)c2ccc(F)c(Cl)c2)nc1. The molecule has 1 atom stereocenters. The van der Waals surface area contributed by atoms with Crippen molar-refractivity contribution in [3.63, 3.8) is 0 Å². The highest BCUT2D eigenvalue weighted by Crippen LogP contribution is 2.19. The zero-order valence-electron chi connectivity index (χ0n) is 14.9. The smallest absolute Gasteiger partial charge is 0.253 e. The van der Waals surface area contributed by atoms with E-state index in [-0.39, 0.29) is 33.5 Å². The summed E-state index contributed by atoms with van der Waals surface area (Å²) in [4.78, 5) is 16.0. The number of hydrogen-bond donors (Lipinski definition) is 2. The van der Waals surface area contributed by atoms with Crippen molar-refractivity contribution in [2.45, 2.75) is 23.9 Å². The van der Waals surface area contributed by atoms with Gasteiger partial charge in [-0.05, 0) is 36.8 Å². The topological polar surface area (TPSA) is 122 Å². The van der Waals surface area contributed by atoms with E-state index in [1.54, 1.807) is 0 Å². The summed E-state index contributed by atoms with van der Waals surface area (Å²) in [7, 11) is -7.03. The number of aromatic nitrogens is 1. The van der Waals surface area contributed by atoms with Gasteiger partial charge >= 0.3 is 0 Å². The van der Waals surface area contributed by atoms with Crippen LogP contribution >= 0.6 is 11.6 Å². The van der Waals surface area contributed by atoms with Crippen LogP contribution in [0.4, 0.5) is 4.39 Å². The van der Waals surface area contributed by atoms with Crippen LogP contribution in [0.5, 0.6) is 0 Å². The van der Waals surface area contributed by atoms with Crippen LogP contribution in [0.25, 0.3) is 0 Å². The lowest BCUT2D eigenvalue weighted by Gasteiger charge is -2.11. The third-order valence-corrected chi connectivity index (χ3v) is 7.76. The predicted molar refractivity (Wildman–Crippen MR) is 104 cm³/mol. The second-order valence-electron chi connectivity index (χ2n) is 6.51. The van der Waals surface area contributed by atoms with Crippen molar-refractivity contribution in [2.75, 3.05) is 11.5 Å². The molecule has 0 spiro atoms. The molecular formula is C17H17ClFN3O5S2. The molecule has 3 rings (SSSR count). The number of sulfone groups is 1. The Bertz CT molecular complexity index is 1140. The first-order chi connectivity index (χ1) is 13.6. The molecule has 0 radical (unpaired) electrons. The van der Waals surface area contributed by atoms with E-state index in [4.69, 9.17) is 11.6 Å². The number of pyridine rings is 1. The summed E-state index contributed by atoms with van der Waals surface area (Å²) in [5.74, 6) is -1.21. The molecule has 1 saturated heterocycles. The molecule has 2 N–H and O–H groups in total. The van der Waals surface area contributed by atoms with Crippen molar-refractivity contribution in [3.8, 4) is 0 Å². The van der Waals surface area contributed by atoms with Gasteiger partial charge < -0.3 is 5.32 Å². The molecule has 1 aromatic heterocycles. The number of rotatable bonds is 6. The summed E-state index contributed by atoms with van der Waals surface area (Å²) in [5.41, 5.74) is 0.577. The van der Waals surface area contributed by atoms with Gasteiger partial charge in [-0.25, -0.2) is 25.9 Å². The number of hydrogen-bond acceptors (Lipinski definition) is 6. The maximum atomic E-state index is 13.2. The molecular weight excluding hydrogens is 445 g/mol. The minimum atomic E-state index is -3.93. The molecule has 2 heterocycles. The molecule has 0 saturated carbocycles. The van der Waals surface area contributed by atoms with E-state index < -0.39 is 37.6 Å². The highest BCUT2D eigenvalue weighted by Gasteiger charge is 2.29. The number of carbonyl (C=O) groups is 1. The van der Waals surface area contributed by atoms with Crippen LogP contribution < -0.4 is 10.0 Å². The summed E-state index contributed by atoms with van der Waals surface area (Å²) in [6.45, 7) is -0.153. The van der Waals surface area contributed by atoms with Crippen molar-refractivity contribution in [3.05, 3.63) is 58.6 Å². The summed E-state index contributed by atoms with van der Waals surface area (Å²) in [6, 6.07) is 5.56. The first-order valence-corrected chi connectivity index (χ1v) is 12.1. The Morgan fingerprint density at radius 3 is 2.62 bits per heavy atom. The van der Waals surface area contributed by atoms with E-state index in [2.05, 4.69) is 15.0 Å². The molecule has 1 aromatic carbocycles. The van der Waals surface area contributed by atoms with Crippen LogP contribution in [0.15, 0.2) is 41.4 Å². The minimum absolute atomic E-state index is 0.0501. The first-order valence-electron chi connectivity index (χ1n) is 8.47. The van der Waals surface area contributed by atoms with E-state index in [1.165, 1.54) is 18.3 Å². The fourth-order valence-corrected chi connectivity index (χ4v) is 5.68. The van der Waals surface area contributed by atoms with Gasteiger partial charge in [0.05, 0.1) is 39.2 Å². The van der Waals surface area contributed by atoms with E-state index in [9.17, 15) is 26.0 Å². The third-order valence-electron chi connectivity index (χ3n) is 4.30. The molecule has 1 aliphatic heterocycles. The molecule has 156 valence electrons. The maximum Gasteiger partial charge on any atom is 0.253 e. The third kappa shape index (κ3) is 5.50. The molecule has 29 heavy (non-hydrogen) atoms. The van der Waals surface area contributed by atoms with Gasteiger partial charge in [0.15, 0.2) is 9.84 Å². The first kappa shape index (κ1) is 21.6. The second kappa shape index (κ2) is 8.34. The van der Waals surface area contributed by atoms with Gasteiger partial charge in [0.25, 0.3) is 5.91 Å². The van der Waals surface area contributed by atoms with E-state index in [0.717, 1.165) is 18.2 Å². The number of carbonyl (C=O) groups excluding carboxylic acids is 1. The minimum Gasteiger partial charge on any atom is -0.348 e. The highest BCUT2D eigenvalue weighted by atomic mass is 35.5. The molecule has 1 fully saturated rings. The quantitative estimate of drug-likeness (QED) is 0.668. The standard InChI is InChI=1S/C17H17ClFN3O5S2/c18-15-7-14(3-4-16(15)19)29(26,27)21-9-12-2-1-11(8-20-12)17(23)22-13-5-6-28(24,25)10-13/h1-4,7-8,13,21H,5-6,9-10H2,(H,22,23). The summed E-state index contributed by atoms with van der Waals surface area (Å²) in [6.07, 6.45) is 1.64. The number of amides is 1. The number of nitrogens with zero attached hydrogens (tertiary/aromatic N) is 1. The van der Waals surface area contributed by atoms with Gasteiger partial charge in [0, 0.05) is 12.2 Å². The van der Waals surface area contributed by atoms with E-state index >= 15 is 0 Å². The highest BCUT2D eigenvalue weighted by molar-refractivity contribution is 7.91. The van der Waals surface area contributed by atoms with E-state index in [1.807, 2.05) is 0 Å². The van der Waals surface area contributed by atoms with Gasteiger partial charge in [0.2, 0.25) is 10.0 Å². The average Bonchev–Trinajstić information content (AvgIpc) is 3.01. The Hall–Kier alpha value is -2.08. The van der Waals surface area contributed by atoms with Gasteiger partial charge in [-0.3, -0.25) is 9.78 Å². The fraction of sp³-hybridized carbons (Fsp3) is 0.294. The largest absolute Gasteiger partial charge is 0.348 e. The predicted octanol–water partition coefficient (Wildman–Crippen LogP) is 1.27. The fourth-order valence-electron chi connectivity index (χ4n) is 2.74. The van der Waals surface area contributed by atoms with Gasteiger partial charge in [-0.2, -0.15) is 0 Å². The molecule has 8 nitrogen and oxygen atoms in total. The molecule has 2 aromatic rings. The molecule has 0 bridgehead atoms. The number of benzene rings is 1. The zero-order chi connectivity index (χ0) is 21.2. The summed E-state index contributed by atoms with van der Waals surface area (Å²) >= 11 is 5.61. The van der Waals surface area contributed by atoms with Crippen molar-refractivity contribution in [2.24, 2.45) is 0 Å². The van der Waals surface area contributed by atoms with Crippen LogP contribution in [0.3, 0.4) is 0 Å². The van der Waals surface area contributed by atoms with Gasteiger partial charge in [-0.1, -0.05) is 11.6 Å². The van der Waals surface area contributed by atoms with Gasteiger partial charge in [-0.15, -0.1) is 0 Å². The van der Waals surface area contributed by atoms with E-state index in [0.29, 0.717) is 12.1 Å². The summed E-state index contributed by atoms with van der Waals surface area (Å²) < 4.78 is 62.9. The van der Waals surface area contributed by atoms with Crippen LogP contribution in [0, 0.1) is 5.82 Å². The maximum absolute atomic E-state index is 13.2.